The molecule has 0 saturated heterocycles. The SMILES string of the molecule is CC/C=C\C/C=C\C/C=C\C/C=C\C/C=C\C/C=C\C/C=C\CCCCCCCCCCCC(=O)OCC(COC(=O)CCCCCCCCCCCCCC)OC(=O)CCCCCCCCCCCCCCCCC. The van der Waals surface area contributed by atoms with Crippen molar-refractivity contribution in [3.05, 3.63) is 85.1 Å². The molecule has 6 heteroatoms. The van der Waals surface area contributed by atoms with E-state index in [1.807, 2.05) is 0 Å². The number of carbonyl (C=O) groups excluding carboxylic acids is 3. The van der Waals surface area contributed by atoms with Gasteiger partial charge in [-0.1, -0.05) is 311 Å². The summed E-state index contributed by atoms with van der Waals surface area (Å²) in [5, 5.41) is 0. The van der Waals surface area contributed by atoms with Gasteiger partial charge in [-0.2, -0.15) is 0 Å². The van der Waals surface area contributed by atoms with Crippen molar-refractivity contribution >= 4 is 17.9 Å². The van der Waals surface area contributed by atoms with Gasteiger partial charge in [-0.15, -0.1) is 0 Å². The third-order valence-corrected chi connectivity index (χ3v) is 14.2. The van der Waals surface area contributed by atoms with E-state index >= 15 is 0 Å². The summed E-state index contributed by atoms with van der Waals surface area (Å²) in [6.45, 7) is 6.55. The van der Waals surface area contributed by atoms with E-state index in [1.165, 1.54) is 173 Å². The Kier molecular flexibility index (Phi) is 61.2. The maximum atomic E-state index is 12.9. The molecule has 0 spiro atoms. The molecule has 76 heavy (non-hydrogen) atoms. The number of allylic oxidation sites excluding steroid dienone is 14. The average Bonchev–Trinajstić information content (AvgIpc) is 3.42. The van der Waals surface area contributed by atoms with Gasteiger partial charge in [-0.05, 0) is 77.0 Å². The molecular formula is C70H122O6. The highest BCUT2D eigenvalue weighted by atomic mass is 16.6. The van der Waals surface area contributed by atoms with Crippen LogP contribution in [0.5, 0.6) is 0 Å². The lowest BCUT2D eigenvalue weighted by molar-refractivity contribution is -0.167. The van der Waals surface area contributed by atoms with Crippen molar-refractivity contribution in [2.75, 3.05) is 13.2 Å². The minimum absolute atomic E-state index is 0.0727. The predicted molar refractivity (Wildman–Crippen MR) is 330 cm³/mol. The van der Waals surface area contributed by atoms with Crippen LogP contribution in [0.25, 0.3) is 0 Å². The van der Waals surface area contributed by atoms with Crippen molar-refractivity contribution in [1.29, 1.82) is 0 Å². The lowest BCUT2D eigenvalue weighted by Gasteiger charge is -2.18. The molecule has 6 nitrogen and oxygen atoms in total. The zero-order valence-corrected chi connectivity index (χ0v) is 50.3. The first-order chi connectivity index (χ1) is 37.5. The van der Waals surface area contributed by atoms with Gasteiger partial charge in [0.25, 0.3) is 0 Å². The fourth-order valence-electron chi connectivity index (χ4n) is 9.31. The van der Waals surface area contributed by atoms with Crippen LogP contribution in [0.2, 0.25) is 0 Å². The summed E-state index contributed by atoms with van der Waals surface area (Å²) >= 11 is 0. The van der Waals surface area contributed by atoms with E-state index in [-0.39, 0.29) is 31.1 Å². The Bertz CT molecular complexity index is 1450. The molecule has 0 radical (unpaired) electrons. The number of unbranched alkanes of at least 4 members (excludes halogenated alkanes) is 34. The Labute approximate surface area is 471 Å². The Morgan fingerprint density at radius 3 is 0.803 bits per heavy atom. The largest absolute Gasteiger partial charge is 0.462 e. The van der Waals surface area contributed by atoms with E-state index < -0.39 is 6.10 Å². The number of rotatable bonds is 59. The van der Waals surface area contributed by atoms with Gasteiger partial charge in [0.2, 0.25) is 0 Å². The molecular weight excluding hydrogens is 937 g/mol. The number of hydrogen-bond acceptors (Lipinski definition) is 6. The molecule has 0 N–H and O–H groups in total. The normalized spacial score (nSPS) is 12.6. The van der Waals surface area contributed by atoms with Crippen molar-refractivity contribution in [2.24, 2.45) is 0 Å². The van der Waals surface area contributed by atoms with Crippen LogP contribution in [-0.4, -0.2) is 37.2 Å². The van der Waals surface area contributed by atoms with E-state index in [2.05, 4.69) is 106 Å². The summed E-state index contributed by atoms with van der Waals surface area (Å²) in [4.78, 5) is 38.2. The van der Waals surface area contributed by atoms with Gasteiger partial charge >= 0.3 is 17.9 Å². The van der Waals surface area contributed by atoms with Crippen LogP contribution in [0.15, 0.2) is 85.1 Å². The van der Waals surface area contributed by atoms with Crippen LogP contribution >= 0.6 is 0 Å². The first-order valence-corrected chi connectivity index (χ1v) is 32.6. The first kappa shape index (κ1) is 72.6. The predicted octanol–water partition coefficient (Wildman–Crippen LogP) is 22.3. The highest BCUT2D eigenvalue weighted by molar-refractivity contribution is 5.71. The second kappa shape index (κ2) is 64.1. The Hall–Kier alpha value is -3.41. The van der Waals surface area contributed by atoms with Gasteiger partial charge < -0.3 is 14.2 Å². The molecule has 0 aromatic carbocycles. The van der Waals surface area contributed by atoms with Crippen LogP contribution in [-0.2, 0) is 28.6 Å². The summed E-state index contributed by atoms with van der Waals surface area (Å²) in [5.74, 6) is -0.864. The second-order valence-electron chi connectivity index (χ2n) is 21.7. The Morgan fingerprint density at radius 1 is 0.276 bits per heavy atom. The van der Waals surface area contributed by atoms with Crippen molar-refractivity contribution in [2.45, 2.75) is 329 Å². The van der Waals surface area contributed by atoms with Crippen LogP contribution < -0.4 is 0 Å². The maximum absolute atomic E-state index is 12.9. The maximum Gasteiger partial charge on any atom is 0.306 e. The van der Waals surface area contributed by atoms with Gasteiger partial charge in [-0.3, -0.25) is 14.4 Å². The van der Waals surface area contributed by atoms with Gasteiger partial charge in [-0.25, -0.2) is 0 Å². The van der Waals surface area contributed by atoms with Gasteiger partial charge in [0.15, 0.2) is 6.10 Å². The number of carbonyl (C=O) groups is 3. The summed E-state index contributed by atoms with van der Waals surface area (Å²) in [5.41, 5.74) is 0. The van der Waals surface area contributed by atoms with Crippen LogP contribution in [0.4, 0.5) is 0 Å². The van der Waals surface area contributed by atoms with Crippen LogP contribution in [0.1, 0.15) is 323 Å². The highest BCUT2D eigenvalue weighted by Gasteiger charge is 2.19. The monoisotopic (exact) mass is 1060 g/mol. The van der Waals surface area contributed by atoms with E-state index in [9.17, 15) is 14.4 Å². The summed E-state index contributed by atoms with van der Waals surface area (Å²) in [6.07, 6.45) is 84.5. The molecule has 0 aliphatic carbocycles. The zero-order valence-electron chi connectivity index (χ0n) is 50.3. The summed E-state index contributed by atoms with van der Waals surface area (Å²) in [6, 6.07) is 0. The average molecular weight is 1060 g/mol. The molecule has 0 heterocycles. The molecule has 0 fully saturated rings. The van der Waals surface area contributed by atoms with Gasteiger partial charge in [0.1, 0.15) is 13.2 Å². The minimum atomic E-state index is -0.775. The van der Waals surface area contributed by atoms with E-state index in [0.29, 0.717) is 19.3 Å². The van der Waals surface area contributed by atoms with Crippen molar-refractivity contribution in [1.82, 2.24) is 0 Å². The third-order valence-electron chi connectivity index (χ3n) is 14.2. The Morgan fingerprint density at radius 2 is 0.513 bits per heavy atom. The third kappa shape index (κ3) is 61.4. The molecule has 0 aliphatic rings. The molecule has 0 rings (SSSR count). The highest BCUT2D eigenvalue weighted by Crippen LogP contribution is 2.17. The lowest BCUT2D eigenvalue weighted by atomic mass is 10.0. The molecule has 0 aromatic rings. The number of ether oxygens (including phenoxy) is 3. The van der Waals surface area contributed by atoms with Crippen molar-refractivity contribution in [3.8, 4) is 0 Å². The molecule has 0 aromatic heterocycles. The van der Waals surface area contributed by atoms with E-state index in [0.717, 1.165) is 109 Å². The molecule has 0 aliphatic heterocycles. The molecule has 0 amide bonds. The standard InChI is InChI=1S/C70H122O6/c1-4-7-10-13-16-19-22-25-27-28-29-30-31-32-33-34-35-36-37-38-39-40-41-42-44-45-48-51-54-57-60-63-69(72)75-66-67(65-74-68(71)62-59-56-53-50-47-24-21-18-15-12-9-6-3)76-70(73)64-61-58-55-52-49-46-43-26-23-20-17-14-11-8-5-2/h7,10,16,19,25,27,29-30,32-33,35-36,38-39,67H,4-6,8-9,11-15,17-18,20-24,26,28,31,34,37,40-66H2,1-3H3/b10-7-,19-16-,27-25-,30-29-,33-32-,36-35-,39-38-. The quantitative estimate of drug-likeness (QED) is 0.0261. The summed E-state index contributed by atoms with van der Waals surface area (Å²) < 4.78 is 16.9. The topological polar surface area (TPSA) is 78.9 Å². The van der Waals surface area contributed by atoms with Gasteiger partial charge in [0.05, 0.1) is 0 Å². The van der Waals surface area contributed by atoms with Crippen molar-refractivity contribution in [3.63, 3.8) is 0 Å². The van der Waals surface area contributed by atoms with Crippen molar-refractivity contribution < 1.29 is 28.6 Å². The van der Waals surface area contributed by atoms with Crippen LogP contribution in [0, 0.1) is 0 Å². The smallest absolute Gasteiger partial charge is 0.306 e. The van der Waals surface area contributed by atoms with Gasteiger partial charge in [0, 0.05) is 19.3 Å². The molecule has 1 unspecified atom stereocenters. The van der Waals surface area contributed by atoms with E-state index in [1.54, 1.807) is 0 Å². The molecule has 0 saturated carbocycles. The second-order valence-corrected chi connectivity index (χ2v) is 21.7. The molecule has 0 bridgehead atoms. The summed E-state index contributed by atoms with van der Waals surface area (Å²) in [7, 11) is 0. The van der Waals surface area contributed by atoms with Crippen LogP contribution in [0.3, 0.4) is 0 Å². The number of esters is 3. The molecule has 1 atom stereocenters. The minimum Gasteiger partial charge on any atom is -0.462 e. The fourth-order valence-corrected chi connectivity index (χ4v) is 9.31. The number of hydrogen-bond donors (Lipinski definition) is 0. The molecule has 438 valence electrons. The fraction of sp³-hybridized carbons (Fsp3) is 0.757. The first-order valence-electron chi connectivity index (χ1n) is 32.6. The Balaban J connectivity index is 4.22. The zero-order chi connectivity index (χ0) is 55.0. The lowest BCUT2D eigenvalue weighted by Crippen LogP contribution is -2.30. The van der Waals surface area contributed by atoms with E-state index in [4.69, 9.17) is 14.2 Å².